The molecule has 2 aliphatic rings. The first kappa shape index (κ1) is 13.7. The van der Waals surface area contributed by atoms with Crippen molar-refractivity contribution in [2.24, 2.45) is 5.73 Å². The first-order chi connectivity index (χ1) is 9.86. The molecule has 0 spiro atoms. The second-order valence-corrected chi connectivity index (χ2v) is 5.83. The number of rotatable bonds is 4. The number of anilines is 2. The topological polar surface area (TPSA) is 35.7 Å². The lowest BCUT2D eigenvalue weighted by Gasteiger charge is -2.36. The number of benzene rings is 1. The van der Waals surface area contributed by atoms with Gasteiger partial charge in [0.1, 0.15) is 0 Å². The third-order valence-corrected chi connectivity index (χ3v) is 4.50. The third-order valence-electron chi connectivity index (χ3n) is 4.50. The van der Waals surface area contributed by atoms with Gasteiger partial charge in [0.2, 0.25) is 0 Å². The van der Waals surface area contributed by atoms with Crippen LogP contribution in [-0.4, -0.2) is 57.3 Å². The van der Waals surface area contributed by atoms with E-state index in [0.717, 1.165) is 39.3 Å². The van der Waals surface area contributed by atoms with Gasteiger partial charge in [0, 0.05) is 63.7 Å². The van der Waals surface area contributed by atoms with Gasteiger partial charge in [-0.15, -0.1) is 0 Å². The Hall–Kier alpha value is -1.26. The summed E-state index contributed by atoms with van der Waals surface area (Å²) in [6.45, 7) is 8.72. The SMILES string of the molecule is NCCN1CCN(c2ccc(N3CCCC3)cc2)CC1. The van der Waals surface area contributed by atoms with Crippen LogP contribution in [0.2, 0.25) is 0 Å². The van der Waals surface area contributed by atoms with Crippen LogP contribution in [0.15, 0.2) is 24.3 Å². The maximum atomic E-state index is 5.62. The predicted molar refractivity (Wildman–Crippen MR) is 85.6 cm³/mol. The molecule has 0 saturated carbocycles. The molecule has 0 unspecified atom stereocenters. The smallest absolute Gasteiger partial charge is 0.0368 e. The fraction of sp³-hybridized carbons (Fsp3) is 0.625. The second-order valence-electron chi connectivity index (χ2n) is 5.83. The van der Waals surface area contributed by atoms with Gasteiger partial charge in [0.15, 0.2) is 0 Å². The van der Waals surface area contributed by atoms with E-state index in [1.807, 2.05) is 0 Å². The molecule has 20 heavy (non-hydrogen) atoms. The van der Waals surface area contributed by atoms with Crippen LogP contribution in [0.25, 0.3) is 0 Å². The average molecular weight is 274 g/mol. The van der Waals surface area contributed by atoms with E-state index in [0.29, 0.717) is 0 Å². The van der Waals surface area contributed by atoms with Gasteiger partial charge in [-0.1, -0.05) is 0 Å². The summed E-state index contributed by atoms with van der Waals surface area (Å²) in [4.78, 5) is 7.43. The van der Waals surface area contributed by atoms with E-state index in [9.17, 15) is 0 Å². The van der Waals surface area contributed by atoms with E-state index in [1.54, 1.807) is 0 Å². The normalized spacial score (nSPS) is 20.6. The lowest BCUT2D eigenvalue weighted by molar-refractivity contribution is 0.265. The molecule has 2 saturated heterocycles. The minimum absolute atomic E-state index is 0.768. The molecule has 2 heterocycles. The lowest BCUT2D eigenvalue weighted by Crippen LogP contribution is -2.47. The van der Waals surface area contributed by atoms with Gasteiger partial charge in [-0.05, 0) is 37.1 Å². The molecule has 4 heteroatoms. The van der Waals surface area contributed by atoms with E-state index in [2.05, 4.69) is 39.0 Å². The molecule has 0 aliphatic carbocycles. The van der Waals surface area contributed by atoms with Crippen LogP contribution in [0, 0.1) is 0 Å². The Bertz CT molecular complexity index is 403. The first-order valence-corrected chi connectivity index (χ1v) is 7.89. The molecule has 0 bridgehead atoms. The van der Waals surface area contributed by atoms with Gasteiger partial charge in [-0.2, -0.15) is 0 Å². The number of nitrogens with zero attached hydrogens (tertiary/aromatic N) is 3. The van der Waals surface area contributed by atoms with Crippen LogP contribution in [0.3, 0.4) is 0 Å². The Morgan fingerprint density at radius 3 is 1.75 bits per heavy atom. The molecular weight excluding hydrogens is 248 g/mol. The molecule has 2 aliphatic heterocycles. The molecule has 0 aromatic heterocycles. The molecule has 2 N–H and O–H groups in total. The summed E-state index contributed by atoms with van der Waals surface area (Å²) in [5.74, 6) is 0. The van der Waals surface area contributed by atoms with Crippen molar-refractivity contribution in [1.29, 1.82) is 0 Å². The minimum Gasteiger partial charge on any atom is -0.372 e. The molecule has 2 fully saturated rings. The highest BCUT2D eigenvalue weighted by atomic mass is 15.3. The largest absolute Gasteiger partial charge is 0.372 e. The highest BCUT2D eigenvalue weighted by Gasteiger charge is 2.17. The van der Waals surface area contributed by atoms with Crippen molar-refractivity contribution in [1.82, 2.24) is 4.90 Å². The Morgan fingerprint density at radius 1 is 0.750 bits per heavy atom. The Morgan fingerprint density at radius 2 is 1.25 bits per heavy atom. The summed E-state index contributed by atoms with van der Waals surface area (Å²) in [6, 6.07) is 9.14. The molecule has 1 aromatic carbocycles. The van der Waals surface area contributed by atoms with E-state index in [1.165, 1.54) is 37.3 Å². The number of hydrogen-bond acceptors (Lipinski definition) is 4. The van der Waals surface area contributed by atoms with Crippen LogP contribution in [0.4, 0.5) is 11.4 Å². The Kier molecular flexibility index (Phi) is 4.43. The van der Waals surface area contributed by atoms with E-state index >= 15 is 0 Å². The summed E-state index contributed by atoms with van der Waals surface area (Å²) < 4.78 is 0. The fourth-order valence-corrected chi connectivity index (χ4v) is 3.26. The molecule has 3 rings (SSSR count). The second kappa shape index (κ2) is 6.46. The van der Waals surface area contributed by atoms with Gasteiger partial charge in [-0.3, -0.25) is 4.90 Å². The third kappa shape index (κ3) is 3.07. The zero-order chi connectivity index (χ0) is 13.8. The molecular formula is C16H26N4. The van der Waals surface area contributed by atoms with Crippen LogP contribution in [-0.2, 0) is 0 Å². The lowest BCUT2D eigenvalue weighted by atomic mass is 10.2. The van der Waals surface area contributed by atoms with Gasteiger partial charge in [0.05, 0.1) is 0 Å². The summed E-state index contributed by atoms with van der Waals surface area (Å²) in [6.07, 6.45) is 2.68. The fourth-order valence-electron chi connectivity index (χ4n) is 3.26. The quantitative estimate of drug-likeness (QED) is 0.899. The summed E-state index contributed by atoms with van der Waals surface area (Å²) in [7, 11) is 0. The number of hydrogen-bond donors (Lipinski definition) is 1. The zero-order valence-corrected chi connectivity index (χ0v) is 12.3. The van der Waals surface area contributed by atoms with Crippen molar-refractivity contribution in [3.63, 3.8) is 0 Å². The van der Waals surface area contributed by atoms with Crippen LogP contribution in [0.1, 0.15) is 12.8 Å². The molecule has 1 aromatic rings. The maximum absolute atomic E-state index is 5.62. The Labute approximate surface area is 122 Å². The van der Waals surface area contributed by atoms with Crippen molar-refractivity contribution in [2.45, 2.75) is 12.8 Å². The number of nitrogens with two attached hydrogens (primary N) is 1. The molecule has 110 valence electrons. The van der Waals surface area contributed by atoms with Crippen molar-refractivity contribution in [3.05, 3.63) is 24.3 Å². The van der Waals surface area contributed by atoms with Gasteiger partial charge >= 0.3 is 0 Å². The minimum atomic E-state index is 0.768. The van der Waals surface area contributed by atoms with Crippen molar-refractivity contribution in [2.75, 3.05) is 62.2 Å². The highest BCUT2D eigenvalue weighted by Crippen LogP contribution is 2.24. The van der Waals surface area contributed by atoms with E-state index < -0.39 is 0 Å². The molecule has 0 amide bonds. The molecule has 0 atom stereocenters. The highest BCUT2D eigenvalue weighted by molar-refractivity contribution is 5.57. The maximum Gasteiger partial charge on any atom is 0.0368 e. The van der Waals surface area contributed by atoms with Crippen LogP contribution in [0.5, 0.6) is 0 Å². The van der Waals surface area contributed by atoms with E-state index in [-0.39, 0.29) is 0 Å². The monoisotopic (exact) mass is 274 g/mol. The van der Waals surface area contributed by atoms with Crippen molar-refractivity contribution >= 4 is 11.4 Å². The Balaban J connectivity index is 1.58. The predicted octanol–water partition coefficient (Wildman–Crippen LogP) is 1.37. The van der Waals surface area contributed by atoms with Crippen LogP contribution < -0.4 is 15.5 Å². The summed E-state index contributed by atoms with van der Waals surface area (Å²) in [5.41, 5.74) is 8.37. The van der Waals surface area contributed by atoms with Gasteiger partial charge < -0.3 is 15.5 Å². The standard InChI is InChI=1S/C16H26N4/c17-7-10-18-11-13-20(14-12-18)16-5-3-15(4-6-16)19-8-1-2-9-19/h3-6H,1-2,7-14,17H2. The van der Waals surface area contributed by atoms with Crippen molar-refractivity contribution < 1.29 is 0 Å². The average Bonchev–Trinajstić information content (AvgIpc) is 3.03. The zero-order valence-electron chi connectivity index (χ0n) is 12.3. The first-order valence-electron chi connectivity index (χ1n) is 7.89. The van der Waals surface area contributed by atoms with E-state index in [4.69, 9.17) is 5.73 Å². The van der Waals surface area contributed by atoms with Gasteiger partial charge in [-0.25, -0.2) is 0 Å². The summed E-state index contributed by atoms with van der Waals surface area (Å²) in [5, 5.41) is 0. The van der Waals surface area contributed by atoms with Crippen molar-refractivity contribution in [3.8, 4) is 0 Å². The molecule has 4 nitrogen and oxygen atoms in total. The van der Waals surface area contributed by atoms with Crippen LogP contribution >= 0.6 is 0 Å². The summed E-state index contributed by atoms with van der Waals surface area (Å²) >= 11 is 0. The molecule has 0 radical (unpaired) electrons. The van der Waals surface area contributed by atoms with Gasteiger partial charge in [0.25, 0.3) is 0 Å². The number of piperazine rings is 1.